The number of rotatable bonds is 6. The summed E-state index contributed by atoms with van der Waals surface area (Å²) in [6, 6.07) is 4.10. The number of aromatic amines is 1. The van der Waals surface area contributed by atoms with E-state index in [1.165, 1.54) is 5.69 Å². The zero-order valence-electron chi connectivity index (χ0n) is 9.76. The summed E-state index contributed by atoms with van der Waals surface area (Å²) in [5.74, 6) is 0.236. The van der Waals surface area contributed by atoms with E-state index in [0.29, 0.717) is 6.42 Å². The molecule has 0 unspecified atom stereocenters. The molecule has 3 nitrogen and oxygen atoms in total. The lowest BCUT2D eigenvalue weighted by molar-refractivity contribution is -0.116. The van der Waals surface area contributed by atoms with Crippen LogP contribution >= 0.6 is 0 Å². The molecule has 0 saturated heterocycles. The number of hydrogen-bond donors (Lipinski definition) is 2. The molecule has 0 aromatic carbocycles. The summed E-state index contributed by atoms with van der Waals surface area (Å²) in [7, 11) is 0. The number of aromatic nitrogens is 1. The van der Waals surface area contributed by atoms with E-state index in [1.807, 2.05) is 12.3 Å². The Morgan fingerprint density at radius 2 is 2.27 bits per heavy atom. The average molecular weight is 208 g/mol. The second-order valence-electron chi connectivity index (χ2n) is 4.60. The molecule has 15 heavy (non-hydrogen) atoms. The Bertz CT molecular complexity index is 301. The molecule has 84 valence electrons. The van der Waals surface area contributed by atoms with Crippen LogP contribution in [0.5, 0.6) is 0 Å². The molecule has 1 heterocycles. The van der Waals surface area contributed by atoms with E-state index < -0.39 is 0 Å². The summed E-state index contributed by atoms with van der Waals surface area (Å²) in [6.45, 7) is 7.62. The molecule has 0 radical (unpaired) electrons. The van der Waals surface area contributed by atoms with Crippen molar-refractivity contribution in [3.8, 4) is 0 Å². The van der Waals surface area contributed by atoms with Gasteiger partial charge in [0, 0.05) is 36.8 Å². The number of Topliss-reactive ketones (excluding diaryl/α,β-unsaturated/α-hetero) is 1. The molecule has 3 heteroatoms. The SMILES string of the molecule is CC(=O)CCNCC(C)(C)c1ccc[nH]1. The van der Waals surface area contributed by atoms with Crippen molar-refractivity contribution in [2.45, 2.75) is 32.6 Å². The molecule has 0 fully saturated rings. The highest BCUT2D eigenvalue weighted by molar-refractivity contribution is 5.75. The fourth-order valence-electron chi connectivity index (χ4n) is 1.51. The normalized spacial score (nSPS) is 11.7. The van der Waals surface area contributed by atoms with Gasteiger partial charge in [-0.15, -0.1) is 0 Å². The van der Waals surface area contributed by atoms with Gasteiger partial charge in [0.1, 0.15) is 5.78 Å². The van der Waals surface area contributed by atoms with Crippen LogP contribution in [0.15, 0.2) is 18.3 Å². The van der Waals surface area contributed by atoms with Gasteiger partial charge in [-0.3, -0.25) is 4.79 Å². The highest BCUT2D eigenvalue weighted by Gasteiger charge is 2.20. The van der Waals surface area contributed by atoms with Crippen LogP contribution in [0, 0.1) is 0 Å². The molecule has 0 aliphatic carbocycles. The molecule has 0 aliphatic rings. The van der Waals surface area contributed by atoms with Crippen LogP contribution in [0.25, 0.3) is 0 Å². The summed E-state index contributed by atoms with van der Waals surface area (Å²) in [4.78, 5) is 14.0. The fourth-order valence-corrected chi connectivity index (χ4v) is 1.51. The van der Waals surface area contributed by atoms with Crippen LogP contribution in [-0.4, -0.2) is 23.9 Å². The van der Waals surface area contributed by atoms with E-state index in [-0.39, 0.29) is 11.2 Å². The quantitative estimate of drug-likeness (QED) is 0.701. The molecule has 1 aromatic heterocycles. The molecule has 0 spiro atoms. The Morgan fingerprint density at radius 1 is 1.53 bits per heavy atom. The average Bonchev–Trinajstić information content (AvgIpc) is 2.65. The highest BCUT2D eigenvalue weighted by Crippen LogP contribution is 2.19. The van der Waals surface area contributed by atoms with Crippen molar-refractivity contribution in [1.29, 1.82) is 0 Å². The Kier molecular flexibility index (Phi) is 4.09. The van der Waals surface area contributed by atoms with Gasteiger partial charge in [0.05, 0.1) is 0 Å². The fraction of sp³-hybridized carbons (Fsp3) is 0.583. The maximum atomic E-state index is 10.8. The van der Waals surface area contributed by atoms with Crippen LogP contribution in [-0.2, 0) is 10.2 Å². The molecular weight excluding hydrogens is 188 g/mol. The maximum Gasteiger partial charge on any atom is 0.131 e. The summed E-state index contributed by atoms with van der Waals surface area (Å²) >= 11 is 0. The molecule has 1 aromatic rings. The highest BCUT2D eigenvalue weighted by atomic mass is 16.1. The van der Waals surface area contributed by atoms with E-state index in [0.717, 1.165) is 13.1 Å². The molecule has 0 saturated carbocycles. The van der Waals surface area contributed by atoms with Gasteiger partial charge in [-0.1, -0.05) is 13.8 Å². The van der Waals surface area contributed by atoms with Gasteiger partial charge < -0.3 is 10.3 Å². The Labute approximate surface area is 91.3 Å². The molecule has 0 aliphatic heterocycles. The van der Waals surface area contributed by atoms with E-state index in [1.54, 1.807) is 6.92 Å². The predicted octanol–water partition coefficient (Wildman–Crippen LogP) is 1.86. The zero-order chi connectivity index (χ0) is 11.3. The van der Waals surface area contributed by atoms with Gasteiger partial charge in [0.25, 0.3) is 0 Å². The second kappa shape index (κ2) is 5.12. The number of ketones is 1. The van der Waals surface area contributed by atoms with Crippen molar-refractivity contribution in [1.82, 2.24) is 10.3 Å². The summed E-state index contributed by atoms with van der Waals surface area (Å²) in [6.07, 6.45) is 2.55. The second-order valence-corrected chi connectivity index (χ2v) is 4.60. The minimum Gasteiger partial charge on any atom is -0.365 e. The van der Waals surface area contributed by atoms with E-state index in [9.17, 15) is 4.79 Å². The Morgan fingerprint density at radius 3 is 2.80 bits per heavy atom. The van der Waals surface area contributed by atoms with Crippen molar-refractivity contribution in [3.63, 3.8) is 0 Å². The van der Waals surface area contributed by atoms with Crippen molar-refractivity contribution < 1.29 is 4.79 Å². The molecule has 2 N–H and O–H groups in total. The molecule has 1 rings (SSSR count). The number of carbonyl (C=O) groups excluding carboxylic acids is 1. The topological polar surface area (TPSA) is 44.9 Å². The van der Waals surface area contributed by atoms with E-state index in [4.69, 9.17) is 0 Å². The van der Waals surface area contributed by atoms with Crippen molar-refractivity contribution in [2.24, 2.45) is 0 Å². The minimum absolute atomic E-state index is 0.0836. The van der Waals surface area contributed by atoms with Crippen molar-refractivity contribution in [3.05, 3.63) is 24.0 Å². The first kappa shape index (κ1) is 12.0. The monoisotopic (exact) mass is 208 g/mol. The summed E-state index contributed by atoms with van der Waals surface area (Å²) < 4.78 is 0. The largest absolute Gasteiger partial charge is 0.365 e. The molecule has 0 amide bonds. The smallest absolute Gasteiger partial charge is 0.131 e. The third-order valence-corrected chi connectivity index (χ3v) is 2.55. The standard InChI is InChI=1S/C12H20N2O/c1-10(15)6-8-13-9-12(2,3)11-5-4-7-14-11/h4-5,7,13-14H,6,8-9H2,1-3H3. The lowest BCUT2D eigenvalue weighted by Gasteiger charge is -2.23. The van der Waals surface area contributed by atoms with E-state index in [2.05, 4.69) is 30.2 Å². The van der Waals surface area contributed by atoms with Crippen LogP contribution in [0.2, 0.25) is 0 Å². The number of H-pyrrole nitrogens is 1. The lowest BCUT2D eigenvalue weighted by atomic mass is 9.89. The maximum absolute atomic E-state index is 10.8. The van der Waals surface area contributed by atoms with Gasteiger partial charge in [-0.2, -0.15) is 0 Å². The van der Waals surface area contributed by atoms with Gasteiger partial charge in [-0.05, 0) is 19.1 Å². The number of hydrogen-bond acceptors (Lipinski definition) is 2. The first-order valence-electron chi connectivity index (χ1n) is 5.36. The zero-order valence-corrected chi connectivity index (χ0v) is 9.76. The Hall–Kier alpha value is -1.09. The van der Waals surface area contributed by atoms with Crippen LogP contribution in [0.1, 0.15) is 32.9 Å². The summed E-state index contributed by atoms with van der Waals surface area (Å²) in [5.41, 5.74) is 1.30. The first-order chi connectivity index (χ1) is 7.02. The molecule has 0 atom stereocenters. The minimum atomic E-state index is 0.0836. The molecule has 0 bridgehead atoms. The van der Waals surface area contributed by atoms with Gasteiger partial charge >= 0.3 is 0 Å². The van der Waals surface area contributed by atoms with E-state index >= 15 is 0 Å². The lowest BCUT2D eigenvalue weighted by Crippen LogP contribution is -2.34. The molecular formula is C12H20N2O. The van der Waals surface area contributed by atoms with Crippen molar-refractivity contribution in [2.75, 3.05) is 13.1 Å². The van der Waals surface area contributed by atoms with Gasteiger partial charge in [0.15, 0.2) is 0 Å². The Balaban J connectivity index is 2.34. The van der Waals surface area contributed by atoms with Gasteiger partial charge in [-0.25, -0.2) is 0 Å². The van der Waals surface area contributed by atoms with Crippen LogP contribution in [0.4, 0.5) is 0 Å². The van der Waals surface area contributed by atoms with Crippen molar-refractivity contribution >= 4 is 5.78 Å². The van der Waals surface area contributed by atoms with Crippen LogP contribution < -0.4 is 5.32 Å². The van der Waals surface area contributed by atoms with Gasteiger partial charge in [0.2, 0.25) is 0 Å². The first-order valence-corrected chi connectivity index (χ1v) is 5.36. The number of nitrogens with one attached hydrogen (secondary N) is 2. The third kappa shape index (κ3) is 3.88. The predicted molar refractivity (Wildman–Crippen MR) is 62.0 cm³/mol. The summed E-state index contributed by atoms with van der Waals surface area (Å²) in [5, 5.41) is 3.30. The third-order valence-electron chi connectivity index (χ3n) is 2.55. The number of carbonyl (C=O) groups is 1. The van der Waals surface area contributed by atoms with Crippen LogP contribution in [0.3, 0.4) is 0 Å².